The molecule has 2 rings (SSSR count). The van der Waals surface area contributed by atoms with Crippen LogP contribution in [-0.4, -0.2) is 29.3 Å². The zero-order chi connectivity index (χ0) is 10.1. The van der Waals surface area contributed by atoms with Gasteiger partial charge in [0.05, 0.1) is 23.6 Å². The summed E-state index contributed by atoms with van der Waals surface area (Å²) in [5.74, 6) is 0.604. The first-order chi connectivity index (χ1) is 6.70. The molecular formula is C9H10N4O. The van der Waals surface area contributed by atoms with Crippen molar-refractivity contribution in [1.29, 1.82) is 5.26 Å². The maximum absolute atomic E-state index is 9.12. The van der Waals surface area contributed by atoms with E-state index in [1.165, 1.54) is 6.20 Å². The second-order valence-corrected chi connectivity index (χ2v) is 3.31. The highest BCUT2D eigenvalue weighted by molar-refractivity contribution is 5.60. The van der Waals surface area contributed by atoms with Gasteiger partial charge in [0.2, 0.25) is 0 Å². The fraction of sp³-hybridized carbons (Fsp3) is 0.333. The summed E-state index contributed by atoms with van der Waals surface area (Å²) >= 11 is 0. The molecule has 0 amide bonds. The van der Waals surface area contributed by atoms with Gasteiger partial charge in [0, 0.05) is 13.1 Å². The maximum atomic E-state index is 9.12. The van der Waals surface area contributed by atoms with Crippen molar-refractivity contribution in [2.45, 2.75) is 6.10 Å². The van der Waals surface area contributed by atoms with Crippen LogP contribution in [0.3, 0.4) is 0 Å². The molecule has 2 heterocycles. The molecule has 1 saturated heterocycles. The molecule has 1 aromatic heterocycles. The van der Waals surface area contributed by atoms with E-state index in [9.17, 15) is 0 Å². The Morgan fingerprint density at radius 3 is 2.93 bits per heavy atom. The first-order valence-electron chi connectivity index (χ1n) is 4.29. The third-order valence-electron chi connectivity index (χ3n) is 2.17. The predicted octanol–water partition coefficient (Wildman–Crippen LogP) is -0.284. The highest BCUT2D eigenvalue weighted by Gasteiger charge is 2.27. The van der Waals surface area contributed by atoms with E-state index in [1.807, 2.05) is 11.0 Å². The molecule has 0 aromatic carbocycles. The molecular weight excluding hydrogens is 180 g/mol. The fourth-order valence-corrected chi connectivity index (χ4v) is 1.44. The molecule has 0 unspecified atom stereocenters. The van der Waals surface area contributed by atoms with Crippen molar-refractivity contribution in [3.8, 4) is 6.07 Å². The van der Waals surface area contributed by atoms with Gasteiger partial charge in [-0.25, -0.2) is 4.98 Å². The van der Waals surface area contributed by atoms with Gasteiger partial charge >= 0.3 is 0 Å². The van der Waals surface area contributed by atoms with E-state index in [0.717, 1.165) is 0 Å². The summed E-state index contributed by atoms with van der Waals surface area (Å²) in [6.07, 6.45) is 1.21. The van der Waals surface area contributed by atoms with E-state index in [-0.39, 0.29) is 6.10 Å². The Bertz CT molecular complexity index is 392. The second-order valence-electron chi connectivity index (χ2n) is 3.31. The molecule has 5 nitrogen and oxygen atoms in total. The summed E-state index contributed by atoms with van der Waals surface area (Å²) in [4.78, 5) is 5.92. The normalized spacial score (nSPS) is 16.1. The molecule has 1 aliphatic rings. The third-order valence-corrected chi connectivity index (χ3v) is 2.17. The fourth-order valence-electron chi connectivity index (χ4n) is 1.44. The van der Waals surface area contributed by atoms with Crippen molar-refractivity contribution in [3.63, 3.8) is 0 Å². The summed E-state index contributed by atoms with van der Waals surface area (Å²) < 4.78 is 0. The molecule has 3 N–H and O–H groups in total. The largest absolute Gasteiger partial charge is 0.397 e. The number of aliphatic hydroxyl groups excluding tert-OH is 1. The summed E-state index contributed by atoms with van der Waals surface area (Å²) in [5.41, 5.74) is 6.44. The number of nitriles is 1. The quantitative estimate of drug-likeness (QED) is 0.635. The zero-order valence-corrected chi connectivity index (χ0v) is 7.51. The van der Waals surface area contributed by atoms with Crippen LogP contribution in [0.4, 0.5) is 11.5 Å². The SMILES string of the molecule is N#Cc1cc(N)cnc1N1CC(O)C1. The zero-order valence-electron chi connectivity index (χ0n) is 7.51. The number of pyridine rings is 1. The topological polar surface area (TPSA) is 86.2 Å². The lowest BCUT2D eigenvalue weighted by Gasteiger charge is -2.37. The molecule has 1 aromatic rings. The minimum absolute atomic E-state index is 0.305. The van der Waals surface area contributed by atoms with Crippen LogP contribution in [0.2, 0.25) is 0 Å². The monoisotopic (exact) mass is 190 g/mol. The van der Waals surface area contributed by atoms with Gasteiger partial charge in [0.1, 0.15) is 11.9 Å². The Labute approximate surface area is 81.4 Å². The van der Waals surface area contributed by atoms with E-state index in [4.69, 9.17) is 16.1 Å². The van der Waals surface area contributed by atoms with E-state index >= 15 is 0 Å². The van der Waals surface area contributed by atoms with Crippen molar-refractivity contribution in [3.05, 3.63) is 17.8 Å². The Morgan fingerprint density at radius 1 is 1.64 bits per heavy atom. The van der Waals surface area contributed by atoms with E-state index in [2.05, 4.69) is 4.98 Å². The van der Waals surface area contributed by atoms with Crippen molar-refractivity contribution < 1.29 is 5.11 Å². The van der Waals surface area contributed by atoms with Gasteiger partial charge in [-0.1, -0.05) is 0 Å². The molecule has 5 heteroatoms. The van der Waals surface area contributed by atoms with Gasteiger partial charge in [0.15, 0.2) is 0 Å². The lowest BCUT2D eigenvalue weighted by atomic mass is 10.1. The molecule has 0 aliphatic carbocycles. The van der Waals surface area contributed by atoms with Gasteiger partial charge < -0.3 is 15.7 Å². The van der Waals surface area contributed by atoms with Gasteiger partial charge in [-0.2, -0.15) is 5.26 Å². The Hall–Kier alpha value is -1.80. The molecule has 0 saturated carbocycles. The predicted molar refractivity (Wildman–Crippen MR) is 51.6 cm³/mol. The second kappa shape index (κ2) is 3.16. The number of nitrogen functional groups attached to an aromatic ring is 1. The van der Waals surface area contributed by atoms with Crippen LogP contribution in [0.1, 0.15) is 5.56 Å². The molecule has 0 radical (unpaired) electrons. The van der Waals surface area contributed by atoms with Gasteiger partial charge in [-0.05, 0) is 6.07 Å². The molecule has 0 spiro atoms. The van der Waals surface area contributed by atoms with E-state index < -0.39 is 0 Å². The first-order valence-corrected chi connectivity index (χ1v) is 4.29. The van der Waals surface area contributed by atoms with Crippen LogP contribution >= 0.6 is 0 Å². The Balaban J connectivity index is 2.30. The maximum Gasteiger partial charge on any atom is 0.146 e. The first kappa shape index (κ1) is 8.78. The van der Waals surface area contributed by atoms with Crippen molar-refractivity contribution >= 4 is 11.5 Å². The standard InChI is InChI=1S/C9H10N4O/c10-2-6-1-7(11)3-12-9(6)13-4-8(14)5-13/h1,3,8,14H,4-5,11H2. The summed E-state index contributed by atoms with van der Waals surface area (Å²) in [7, 11) is 0. The lowest BCUT2D eigenvalue weighted by Crippen LogP contribution is -2.51. The Kier molecular flexibility index (Phi) is 1.98. The van der Waals surface area contributed by atoms with E-state index in [0.29, 0.717) is 30.2 Å². The van der Waals surface area contributed by atoms with Crippen LogP contribution in [0, 0.1) is 11.3 Å². The molecule has 14 heavy (non-hydrogen) atoms. The average molecular weight is 190 g/mol. The summed E-state index contributed by atoms with van der Waals surface area (Å²) in [6.45, 7) is 1.07. The Morgan fingerprint density at radius 2 is 2.36 bits per heavy atom. The average Bonchev–Trinajstić information content (AvgIpc) is 2.13. The smallest absolute Gasteiger partial charge is 0.146 e. The molecule has 0 atom stereocenters. The van der Waals surface area contributed by atoms with Gasteiger partial charge in [-0.15, -0.1) is 0 Å². The number of β-amino-alcohol motifs (C(OH)–C–C–N with tert-alkyl or cyclic N) is 1. The molecule has 0 bridgehead atoms. The molecule has 72 valence electrons. The van der Waals surface area contributed by atoms with E-state index in [1.54, 1.807) is 6.07 Å². The number of hydrogen-bond donors (Lipinski definition) is 2. The minimum atomic E-state index is -0.305. The third kappa shape index (κ3) is 1.36. The van der Waals surface area contributed by atoms with Crippen LogP contribution in [0.15, 0.2) is 12.3 Å². The van der Waals surface area contributed by atoms with Crippen molar-refractivity contribution in [2.24, 2.45) is 0 Å². The van der Waals surface area contributed by atoms with Crippen LogP contribution in [0.5, 0.6) is 0 Å². The number of nitrogens with zero attached hydrogens (tertiary/aromatic N) is 3. The van der Waals surface area contributed by atoms with Crippen molar-refractivity contribution in [2.75, 3.05) is 23.7 Å². The summed E-state index contributed by atoms with van der Waals surface area (Å²) in [5, 5.41) is 18.0. The number of anilines is 2. The van der Waals surface area contributed by atoms with Gasteiger partial charge in [-0.3, -0.25) is 0 Å². The molecule has 1 fully saturated rings. The lowest BCUT2D eigenvalue weighted by molar-refractivity contribution is 0.141. The summed E-state index contributed by atoms with van der Waals surface area (Å²) in [6, 6.07) is 3.62. The number of hydrogen-bond acceptors (Lipinski definition) is 5. The number of aliphatic hydroxyl groups is 1. The van der Waals surface area contributed by atoms with Crippen LogP contribution in [0.25, 0.3) is 0 Å². The minimum Gasteiger partial charge on any atom is -0.397 e. The number of rotatable bonds is 1. The van der Waals surface area contributed by atoms with Gasteiger partial charge in [0.25, 0.3) is 0 Å². The molecule has 1 aliphatic heterocycles. The number of aromatic nitrogens is 1. The van der Waals surface area contributed by atoms with Crippen molar-refractivity contribution in [1.82, 2.24) is 4.98 Å². The van der Waals surface area contributed by atoms with Crippen LogP contribution < -0.4 is 10.6 Å². The number of nitrogens with two attached hydrogens (primary N) is 1. The van der Waals surface area contributed by atoms with Crippen LogP contribution in [-0.2, 0) is 0 Å². The highest BCUT2D eigenvalue weighted by Crippen LogP contribution is 2.23. The highest BCUT2D eigenvalue weighted by atomic mass is 16.3.